The van der Waals surface area contributed by atoms with Crippen LogP contribution in [-0.2, 0) is 23.3 Å². The summed E-state index contributed by atoms with van der Waals surface area (Å²) >= 11 is 0. The molecule has 0 aliphatic carbocycles. The summed E-state index contributed by atoms with van der Waals surface area (Å²) < 4.78 is 33.7. The van der Waals surface area contributed by atoms with E-state index in [1.54, 1.807) is 13.8 Å². The Labute approximate surface area is 122 Å². The zero-order chi connectivity index (χ0) is 15.5. The van der Waals surface area contributed by atoms with Crippen LogP contribution >= 0.6 is 7.60 Å². The largest absolute Gasteiger partial charge is 0.377 e. The molecular formula is C12H24BO6P. The molecule has 1 aliphatic heterocycles. The Morgan fingerprint density at radius 2 is 1.90 bits per heavy atom. The second kappa shape index (κ2) is 7.39. The van der Waals surface area contributed by atoms with Crippen LogP contribution in [0.1, 0.15) is 27.7 Å². The first-order valence-electron chi connectivity index (χ1n) is 6.75. The highest BCUT2D eigenvalue weighted by atomic mass is 31.2. The molecule has 0 amide bonds. The summed E-state index contributed by atoms with van der Waals surface area (Å²) in [6, 6.07) is -0.710. The second-order valence-corrected chi connectivity index (χ2v) is 7.82. The van der Waals surface area contributed by atoms with Gasteiger partial charge in [-0.1, -0.05) is 13.8 Å². The molecule has 1 aliphatic rings. The summed E-state index contributed by atoms with van der Waals surface area (Å²) in [5.41, 5.74) is -0.511. The lowest BCUT2D eigenvalue weighted by molar-refractivity contribution is -0.0454. The zero-order valence-corrected chi connectivity index (χ0v) is 13.6. The van der Waals surface area contributed by atoms with Crippen molar-refractivity contribution < 1.29 is 28.2 Å². The van der Waals surface area contributed by atoms with Gasteiger partial charge in [0.2, 0.25) is 0 Å². The Morgan fingerprint density at radius 3 is 2.35 bits per heavy atom. The van der Waals surface area contributed by atoms with Crippen LogP contribution in [0.4, 0.5) is 0 Å². The maximum atomic E-state index is 12.1. The molecule has 1 saturated heterocycles. The van der Waals surface area contributed by atoms with Crippen molar-refractivity contribution >= 4 is 15.4 Å². The third kappa shape index (κ3) is 4.55. The smallest absolute Gasteiger partial charge is 0.331 e. The fraction of sp³-hybridized carbons (Fsp3) is 1.00. The van der Waals surface area contributed by atoms with Crippen molar-refractivity contribution in [2.24, 2.45) is 0 Å². The minimum absolute atomic E-state index is 0.0168. The minimum Gasteiger partial charge on any atom is -0.377 e. The molecule has 1 heterocycles. The van der Waals surface area contributed by atoms with Crippen molar-refractivity contribution in [3.8, 4) is 0 Å². The van der Waals surface area contributed by atoms with Gasteiger partial charge < -0.3 is 19.1 Å². The molecule has 20 heavy (non-hydrogen) atoms. The topological polar surface area (TPSA) is 74.2 Å². The van der Waals surface area contributed by atoms with Gasteiger partial charge in [0, 0.05) is 13.1 Å². The molecule has 0 saturated carbocycles. The number of rotatable bonds is 7. The van der Waals surface area contributed by atoms with Crippen molar-refractivity contribution in [3.63, 3.8) is 0 Å². The summed E-state index contributed by atoms with van der Waals surface area (Å²) in [4.78, 5) is 9.89. The van der Waals surface area contributed by atoms with E-state index in [2.05, 4.69) is 0 Å². The molecule has 1 rings (SSSR count). The van der Waals surface area contributed by atoms with Gasteiger partial charge in [0.15, 0.2) is 0 Å². The number of ether oxygens (including phenoxy) is 3. The van der Waals surface area contributed by atoms with Crippen molar-refractivity contribution in [2.75, 3.05) is 13.7 Å². The molecule has 2 radical (unpaired) electrons. The van der Waals surface area contributed by atoms with E-state index >= 15 is 0 Å². The average molecular weight is 306 g/mol. The first kappa shape index (κ1) is 18.1. The Hall–Kier alpha value is 0.0949. The van der Waals surface area contributed by atoms with Gasteiger partial charge in [0.1, 0.15) is 26.2 Å². The van der Waals surface area contributed by atoms with E-state index < -0.39 is 37.6 Å². The van der Waals surface area contributed by atoms with E-state index in [-0.39, 0.29) is 12.7 Å². The zero-order valence-electron chi connectivity index (χ0n) is 12.7. The molecule has 0 spiro atoms. The Morgan fingerprint density at radius 1 is 1.30 bits per heavy atom. The van der Waals surface area contributed by atoms with E-state index in [9.17, 15) is 9.46 Å². The SMILES string of the molecule is [B][C@@H]1O[C@H](COC(C)C)C(OP(=O)(O)C(C)C)[C@@H]1OC. The van der Waals surface area contributed by atoms with Crippen LogP contribution in [0.25, 0.3) is 0 Å². The van der Waals surface area contributed by atoms with Gasteiger partial charge in [0.25, 0.3) is 0 Å². The summed E-state index contributed by atoms with van der Waals surface area (Å²) in [6.07, 6.45) is -1.85. The maximum Gasteiger partial charge on any atom is 0.331 e. The van der Waals surface area contributed by atoms with Gasteiger partial charge in [-0.2, -0.15) is 0 Å². The molecule has 0 aromatic carbocycles. The molecule has 2 unspecified atom stereocenters. The number of hydrogen-bond donors (Lipinski definition) is 1. The third-order valence-corrected chi connectivity index (χ3v) is 4.99. The van der Waals surface area contributed by atoms with Crippen LogP contribution < -0.4 is 0 Å². The highest BCUT2D eigenvalue weighted by Gasteiger charge is 2.47. The van der Waals surface area contributed by atoms with Crippen LogP contribution in [0.15, 0.2) is 0 Å². The Balaban J connectivity index is 2.80. The summed E-state index contributed by atoms with van der Waals surface area (Å²) in [6.45, 7) is 7.26. The van der Waals surface area contributed by atoms with Gasteiger partial charge in [0.05, 0.1) is 18.4 Å². The van der Waals surface area contributed by atoms with Crippen molar-refractivity contribution in [1.82, 2.24) is 0 Å². The van der Waals surface area contributed by atoms with Crippen LogP contribution in [0, 0.1) is 0 Å². The molecule has 8 heteroatoms. The number of hydrogen-bond acceptors (Lipinski definition) is 5. The summed E-state index contributed by atoms with van der Waals surface area (Å²) in [5.74, 6) is 0. The molecule has 0 aromatic rings. The lowest BCUT2D eigenvalue weighted by Gasteiger charge is -2.27. The molecule has 116 valence electrons. The molecular weight excluding hydrogens is 282 g/mol. The predicted molar refractivity (Wildman–Crippen MR) is 76.1 cm³/mol. The molecule has 6 nitrogen and oxygen atoms in total. The highest BCUT2D eigenvalue weighted by molar-refractivity contribution is 7.53. The van der Waals surface area contributed by atoms with Crippen LogP contribution in [0.2, 0.25) is 0 Å². The Kier molecular flexibility index (Phi) is 6.70. The predicted octanol–water partition coefficient (Wildman–Crippen LogP) is 1.30. The summed E-state index contributed by atoms with van der Waals surface area (Å²) in [5, 5.41) is 0. The van der Waals surface area contributed by atoms with E-state index in [0.717, 1.165) is 0 Å². The molecule has 5 atom stereocenters. The third-order valence-electron chi connectivity index (χ3n) is 3.14. The molecule has 0 aromatic heterocycles. The van der Waals surface area contributed by atoms with Gasteiger partial charge >= 0.3 is 7.60 Å². The average Bonchev–Trinajstić information content (AvgIpc) is 2.61. The first-order chi connectivity index (χ1) is 9.19. The minimum atomic E-state index is -3.75. The molecule has 1 fully saturated rings. The van der Waals surface area contributed by atoms with Crippen LogP contribution in [0.5, 0.6) is 0 Å². The normalized spacial score (nSPS) is 33.8. The molecule has 1 N–H and O–H groups in total. The quantitative estimate of drug-likeness (QED) is 0.564. The molecule has 0 bridgehead atoms. The van der Waals surface area contributed by atoms with Crippen LogP contribution in [-0.4, -0.2) is 62.5 Å². The lowest BCUT2D eigenvalue weighted by Crippen LogP contribution is -2.38. The standard InChI is InChI=1S/C12H24BO6P/c1-7(2)17-6-9-10(11(16-5)12(13)18-9)19-20(14,15)8(3)4/h7-12H,6H2,1-5H3,(H,14,15)/t9-,10?,11+,12-/m1/s1. The lowest BCUT2D eigenvalue weighted by atomic mass is 9.93. The van der Waals surface area contributed by atoms with Crippen molar-refractivity contribution in [1.29, 1.82) is 0 Å². The van der Waals surface area contributed by atoms with Crippen LogP contribution in [0.3, 0.4) is 0 Å². The van der Waals surface area contributed by atoms with E-state index in [0.29, 0.717) is 0 Å². The second-order valence-electron chi connectivity index (χ2n) is 5.45. The van der Waals surface area contributed by atoms with E-state index in [1.807, 2.05) is 13.8 Å². The summed E-state index contributed by atoms with van der Waals surface area (Å²) in [7, 11) is 3.54. The van der Waals surface area contributed by atoms with E-state index in [1.165, 1.54) is 7.11 Å². The Bertz CT molecular complexity index is 351. The highest BCUT2D eigenvalue weighted by Crippen LogP contribution is 2.50. The first-order valence-corrected chi connectivity index (χ1v) is 8.40. The fourth-order valence-corrected chi connectivity index (χ4v) is 2.72. The monoisotopic (exact) mass is 306 g/mol. The number of methoxy groups -OCH3 is 1. The van der Waals surface area contributed by atoms with Crippen molar-refractivity contribution in [3.05, 3.63) is 0 Å². The van der Waals surface area contributed by atoms with Gasteiger partial charge in [-0.3, -0.25) is 9.09 Å². The fourth-order valence-electron chi connectivity index (χ4n) is 1.87. The van der Waals surface area contributed by atoms with Gasteiger partial charge in [-0.05, 0) is 13.8 Å². The van der Waals surface area contributed by atoms with E-state index in [4.69, 9.17) is 26.6 Å². The maximum absolute atomic E-state index is 12.1. The van der Waals surface area contributed by atoms with Gasteiger partial charge in [-0.25, -0.2) is 0 Å². The van der Waals surface area contributed by atoms with Gasteiger partial charge in [-0.15, -0.1) is 0 Å². The van der Waals surface area contributed by atoms with Crippen molar-refractivity contribution in [2.45, 2.75) is 63.8 Å².